The lowest BCUT2D eigenvalue weighted by atomic mass is 10.2. The predicted molar refractivity (Wildman–Crippen MR) is 71.9 cm³/mol. The molecule has 0 aliphatic heterocycles. The van der Waals surface area contributed by atoms with Crippen LogP contribution in [0.4, 0.5) is 0 Å². The van der Waals surface area contributed by atoms with Crippen molar-refractivity contribution in [3.05, 3.63) is 0 Å². The lowest BCUT2D eigenvalue weighted by Crippen LogP contribution is -2.42. The maximum atomic E-state index is 12.2. The average Bonchev–Trinajstić information content (AvgIpc) is 3.10. The van der Waals surface area contributed by atoms with E-state index in [1.165, 1.54) is 0 Å². The highest BCUT2D eigenvalue weighted by Crippen LogP contribution is 2.26. The van der Waals surface area contributed by atoms with Crippen molar-refractivity contribution in [2.24, 2.45) is 5.92 Å². The molecule has 1 aliphatic rings. The van der Waals surface area contributed by atoms with Crippen LogP contribution in [-0.4, -0.2) is 47.9 Å². The van der Waals surface area contributed by atoms with Crippen LogP contribution in [0, 0.1) is 17.2 Å². The van der Waals surface area contributed by atoms with Gasteiger partial charge in [-0.25, -0.2) is 0 Å². The van der Waals surface area contributed by atoms with Crippen LogP contribution in [-0.2, 0) is 4.79 Å². The van der Waals surface area contributed by atoms with E-state index in [0.717, 1.165) is 25.9 Å². The molecule has 102 valence electrons. The monoisotopic (exact) mass is 251 g/mol. The zero-order chi connectivity index (χ0) is 13.5. The summed E-state index contributed by atoms with van der Waals surface area (Å²) in [6.07, 6.45) is 2.81. The predicted octanol–water partition coefficient (Wildman–Crippen LogP) is 1.87. The van der Waals surface area contributed by atoms with E-state index in [1.807, 2.05) is 11.8 Å². The number of hydrogen-bond acceptors (Lipinski definition) is 3. The molecule has 0 aromatic heterocycles. The molecule has 0 aromatic rings. The first-order chi connectivity index (χ1) is 8.58. The molecule has 0 unspecified atom stereocenters. The molecule has 1 fully saturated rings. The summed E-state index contributed by atoms with van der Waals surface area (Å²) in [5.41, 5.74) is 0. The van der Waals surface area contributed by atoms with E-state index in [9.17, 15) is 4.79 Å². The Morgan fingerprint density at radius 3 is 2.56 bits per heavy atom. The number of likely N-dealkylation sites (N-methyl/N-ethyl adjacent to an activating group) is 1. The zero-order valence-corrected chi connectivity index (χ0v) is 11.9. The second kappa shape index (κ2) is 7.38. The van der Waals surface area contributed by atoms with E-state index in [1.54, 1.807) is 0 Å². The van der Waals surface area contributed by atoms with Crippen molar-refractivity contribution in [2.45, 2.75) is 46.1 Å². The fourth-order valence-electron chi connectivity index (χ4n) is 2.27. The summed E-state index contributed by atoms with van der Waals surface area (Å²) in [6, 6.07) is 2.64. The van der Waals surface area contributed by atoms with E-state index >= 15 is 0 Å². The molecule has 4 heteroatoms. The first kappa shape index (κ1) is 15.0. The van der Waals surface area contributed by atoms with Crippen LogP contribution in [0.1, 0.15) is 40.0 Å². The minimum Gasteiger partial charge on any atom is -0.339 e. The van der Waals surface area contributed by atoms with Crippen molar-refractivity contribution in [3.8, 4) is 6.07 Å². The van der Waals surface area contributed by atoms with Gasteiger partial charge in [-0.05, 0) is 25.7 Å². The summed E-state index contributed by atoms with van der Waals surface area (Å²) in [5.74, 6) is 0.742. The molecule has 0 heterocycles. The van der Waals surface area contributed by atoms with E-state index in [2.05, 4.69) is 24.8 Å². The van der Waals surface area contributed by atoms with Crippen molar-refractivity contribution in [1.82, 2.24) is 9.80 Å². The molecule has 0 spiro atoms. The number of nitrogens with zero attached hydrogens (tertiary/aromatic N) is 3. The van der Waals surface area contributed by atoms with Gasteiger partial charge in [0, 0.05) is 32.1 Å². The Bertz CT molecular complexity index is 305. The molecule has 18 heavy (non-hydrogen) atoms. The number of rotatable bonds is 8. The Balaban J connectivity index is 2.47. The minimum absolute atomic E-state index is 0.221. The van der Waals surface area contributed by atoms with Gasteiger partial charge in [0.1, 0.15) is 0 Å². The molecule has 0 bridgehead atoms. The smallest absolute Gasteiger partial charge is 0.236 e. The number of carbonyl (C=O) groups excluding carboxylic acids is 1. The summed E-state index contributed by atoms with van der Waals surface area (Å²) in [5, 5.41) is 8.66. The van der Waals surface area contributed by atoms with Gasteiger partial charge >= 0.3 is 0 Å². The Labute approximate surface area is 111 Å². The molecule has 0 radical (unpaired) electrons. The van der Waals surface area contributed by atoms with Gasteiger partial charge in [-0.2, -0.15) is 5.26 Å². The molecule has 0 saturated heterocycles. The summed E-state index contributed by atoms with van der Waals surface area (Å²) < 4.78 is 0. The second-order valence-corrected chi connectivity index (χ2v) is 5.45. The highest BCUT2D eigenvalue weighted by atomic mass is 16.2. The lowest BCUT2D eigenvalue weighted by molar-refractivity contribution is -0.132. The highest BCUT2D eigenvalue weighted by molar-refractivity contribution is 5.78. The van der Waals surface area contributed by atoms with E-state index in [0.29, 0.717) is 31.5 Å². The molecular weight excluding hydrogens is 226 g/mol. The lowest BCUT2D eigenvalue weighted by Gasteiger charge is -2.27. The topological polar surface area (TPSA) is 47.3 Å². The Morgan fingerprint density at radius 2 is 2.11 bits per heavy atom. The Kier molecular flexibility index (Phi) is 6.14. The van der Waals surface area contributed by atoms with E-state index in [-0.39, 0.29) is 5.91 Å². The first-order valence-corrected chi connectivity index (χ1v) is 6.97. The van der Waals surface area contributed by atoms with Gasteiger partial charge in [-0.15, -0.1) is 0 Å². The molecule has 0 atom stereocenters. The van der Waals surface area contributed by atoms with Crippen LogP contribution in [0.2, 0.25) is 0 Å². The molecule has 0 aromatic carbocycles. The SMILES string of the molecule is CCN(C(=O)CN(CCC#N)CC(C)C)C1CC1. The fraction of sp³-hybridized carbons (Fsp3) is 0.857. The van der Waals surface area contributed by atoms with Crippen LogP contribution in [0.25, 0.3) is 0 Å². The third kappa shape index (κ3) is 5.05. The Morgan fingerprint density at radius 1 is 1.44 bits per heavy atom. The average molecular weight is 251 g/mol. The molecular formula is C14H25N3O. The van der Waals surface area contributed by atoms with Gasteiger partial charge in [-0.3, -0.25) is 9.69 Å². The highest BCUT2D eigenvalue weighted by Gasteiger charge is 2.31. The molecule has 0 N–H and O–H groups in total. The number of nitriles is 1. The quantitative estimate of drug-likeness (QED) is 0.661. The van der Waals surface area contributed by atoms with Gasteiger partial charge < -0.3 is 4.90 Å². The molecule has 1 rings (SSSR count). The van der Waals surface area contributed by atoms with Gasteiger partial charge in [0.05, 0.1) is 12.6 Å². The van der Waals surface area contributed by atoms with Gasteiger partial charge in [0.15, 0.2) is 0 Å². The zero-order valence-electron chi connectivity index (χ0n) is 11.9. The van der Waals surface area contributed by atoms with Crippen LogP contribution in [0.5, 0.6) is 0 Å². The molecule has 1 saturated carbocycles. The van der Waals surface area contributed by atoms with Gasteiger partial charge in [0.25, 0.3) is 0 Å². The second-order valence-electron chi connectivity index (χ2n) is 5.45. The first-order valence-electron chi connectivity index (χ1n) is 6.97. The number of amides is 1. The van der Waals surface area contributed by atoms with Crippen LogP contribution < -0.4 is 0 Å². The normalized spacial score (nSPS) is 14.9. The molecule has 1 amide bonds. The maximum Gasteiger partial charge on any atom is 0.236 e. The van der Waals surface area contributed by atoms with Crippen molar-refractivity contribution < 1.29 is 4.79 Å². The maximum absolute atomic E-state index is 12.2. The summed E-state index contributed by atoms with van der Waals surface area (Å²) in [4.78, 5) is 16.3. The molecule has 4 nitrogen and oxygen atoms in total. The fourth-order valence-corrected chi connectivity index (χ4v) is 2.27. The summed E-state index contributed by atoms with van der Waals surface area (Å²) >= 11 is 0. The number of hydrogen-bond donors (Lipinski definition) is 0. The van der Waals surface area contributed by atoms with Crippen LogP contribution in [0.15, 0.2) is 0 Å². The largest absolute Gasteiger partial charge is 0.339 e. The molecule has 1 aliphatic carbocycles. The number of carbonyl (C=O) groups is 1. The van der Waals surface area contributed by atoms with Gasteiger partial charge in [-0.1, -0.05) is 13.8 Å². The van der Waals surface area contributed by atoms with Crippen molar-refractivity contribution in [2.75, 3.05) is 26.2 Å². The van der Waals surface area contributed by atoms with Crippen molar-refractivity contribution in [3.63, 3.8) is 0 Å². The van der Waals surface area contributed by atoms with Crippen LogP contribution in [0.3, 0.4) is 0 Å². The van der Waals surface area contributed by atoms with E-state index in [4.69, 9.17) is 5.26 Å². The van der Waals surface area contributed by atoms with Gasteiger partial charge in [0.2, 0.25) is 5.91 Å². The minimum atomic E-state index is 0.221. The van der Waals surface area contributed by atoms with Crippen molar-refractivity contribution >= 4 is 5.91 Å². The Hall–Kier alpha value is -1.08. The van der Waals surface area contributed by atoms with Crippen molar-refractivity contribution in [1.29, 1.82) is 5.26 Å². The van der Waals surface area contributed by atoms with E-state index < -0.39 is 0 Å². The third-order valence-corrected chi connectivity index (χ3v) is 3.17. The van der Waals surface area contributed by atoms with Crippen LogP contribution >= 0.6 is 0 Å². The third-order valence-electron chi connectivity index (χ3n) is 3.17. The summed E-state index contributed by atoms with van der Waals surface area (Å²) in [6.45, 7) is 9.17. The standard InChI is InChI=1S/C14H25N3O/c1-4-17(13-6-7-13)14(18)11-16(9-5-8-15)10-12(2)3/h12-13H,4-7,9-11H2,1-3H3. The summed E-state index contributed by atoms with van der Waals surface area (Å²) in [7, 11) is 0.